The van der Waals surface area contributed by atoms with Gasteiger partial charge in [-0.05, 0) is 12.1 Å². The lowest BCUT2D eigenvalue weighted by molar-refractivity contribution is 0.0394. The third-order valence-electron chi connectivity index (χ3n) is 3.82. The monoisotopic (exact) mass is 320 g/mol. The zero-order valence-corrected chi connectivity index (χ0v) is 13.3. The minimum absolute atomic E-state index is 0.410. The van der Waals surface area contributed by atoms with E-state index < -0.39 is 0 Å². The first-order valence-electron chi connectivity index (χ1n) is 8.08. The first-order chi connectivity index (χ1) is 11.3. The van der Waals surface area contributed by atoms with Crippen LogP contribution >= 0.6 is 0 Å². The summed E-state index contributed by atoms with van der Waals surface area (Å²) in [6.45, 7) is 6.44. The number of rotatable bonds is 4. The van der Waals surface area contributed by atoms with Gasteiger partial charge in [-0.15, -0.1) is 0 Å². The Morgan fingerprint density at radius 3 is 2.74 bits per heavy atom. The zero-order valence-electron chi connectivity index (χ0n) is 13.3. The highest BCUT2D eigenvalue weighted by Gasteiger charge is 2.11. The molecule has 2 aliphatic rings. The summed E-state index contributed by atoms with van der Waals surface area (Å²) < 4.78 is 16.6. The number of fused-ring (bicyclic) bond motifs is 1. The summed E-state index contributed by atoms with van der Waals surface area (Å²) in [4.78, 5) is 6.70. The first-order valence-corrected chi connectivity index (χ1v) is 8.08. The van der Waals surface area contributed by atoms with Gasteiger partial charge in [-0.25, -0.2) is 0 Å². The predicted octanol–water partition coefficient (Wildman–Crippen LogP) is 0.907. The lowest BCUT2D eigenvalue weighted by Crippen LogP contribution is -2.38. The van der Waals surface area contributed by atoms with E-state index in [9.17, 15) is 0 Å². The van der Waals surface area contributed by atoms with Crippen LogP contribution < -0.4 is 20.5 Å². The Bertz CT molecular complexity index is 544. The van der Waals surface area contributed by atoms with Crippen LogP contribution in [0.4, 0.5) is 5.69 Å². The van der Waals surface area contributed by atoms with Crippen LogP contribution in [-0.2, 0) is 4.74 Å². The topological polar surface area (TPSA) is 81.3 Å². The van der Waals surface area contributed by atoms with Gasteiger partial charge in [0.05, 0.1) is 33.0 Å². The van der Waals surface area contributed by atoms with Crippen molar-refractivity contribution in [1.29, 1.82) is 0 Å². The van der Waals surface area contributed by atoms with Gasteiger partial charge in [-0.1, -0.05) is 0 Å². The fraction of sp³-hybridized carbons (Fsp3) is 0.562. The number of nitrogens with zero attached hydrogens (tertiary/aromatic N) is 2. The largest absolute Gasteiger partial charge is 0.490 e. The molecule has 7 nitrogen and oxygen atoms in total. The Labute approximate surface area is 136 Å². The van der Waals surface area contributed by atoms with Crippen LogP contribution in [0, 0.1) is 0 Å². The fourth-order valence-electron chi connectivity index (χ4n) is 2.57. The predicted molar refractivity (Wildman–Crippen MR) is 89.4 cm³/mol. The van der Waals surface area contributed by atoms with Gasteiger partial charge in [0, 0.05) is 37.8 Å². The summed E-state index contributed by atoms with van der Waals surface area (Å²) in [5, 5.41) is 3.10. The molecule has 1 fully saturated rings. The number of benzene rings is 1. The number of nitrogens with two attached hydrogens (primary N) is 1. The maximum atomic E-state index is 5.95. The van der Waals surface area contributed by atoms with Crippen molar-refractivity contribution in [1.82, 2.24) is 4.90 Å². The average molecular weight is 320 g/mol. The van der Waals surface area contributed by atoms with Crippen LogP contribution in [0.25, 0.3) is 0 Å². The van der Waals surface area contributed by atoms with Crippen molar-refractivity contribution in [3.63, 3.8) is 0 Å². The second kappa shape index (κ2) is 8.03. The van der Waals surface area contributed by atoms with Crippen LogP contribution in [0.1, 0.15) is 6.42 Å². The summed E-state index contributed by atoms with van der Waals surface area (Å²) in [6, 6.07) is 5.70. The summed E-state index contributed by atoms with van der Waals surface area (Å²) in [7, 11) is 0. The third-order valence-corrected chi connectivity index (χ3v) is 3.82. The summed E-state index contributed by atoms with van der Waals surface area (Å²) in [6.07, 6.45) is 0.891. The highest BCUT2D eigenvalue weighted by atomic mass is 16.5. The van der Waals surface area contributed by atoms with Crippen LogP contribution in [0.2, 0.25) is 0 Å². The van der Waals surface area contributed by atoms with Crippen molar-refractivity contribution < 1.29 is 14.2 Å². The van der Waals surface area contributed by atoms with E-state index in [0.717, 1.165) is 56.5 Å². The quantitative estimate of drug-likeness (QED) is 0.634. The number of hydrogen-bond acceptors (Lipinski definition) is 5. The third kappa shape index (κ3) is 4.74. The van der Waals surface area contributed by atoms with Crippen molar-refractivity contribution in [2.24, 2.45) is 10.7 Å². The lowest BCUT2D eigenvalue weighted by Gasteiger charge is -2.25. The Balaban J connectivity index is 1.51. The molecule has 0 aliphatic carbocycles. The van der Waals surface area contributed by atoms with E-state index >= 15 is 0 Å². The highest BCUT2D eigenvalue weighted by Crippen LogP contribution is 2.32. The van der Waals surface area contributed by atoms with Crippen molar-refractivity contribution >= 4 is 11.6 Å². The van der Waals surface area contributed by atoms with Gasteiger partial charge in [0.15, 0.2) is 17.5 Å². The van der Waals surface area contributed by atoms with E-state index in [-0.39, 0.29) is 0 Å². The Kier molecular flexibility index (Phi) is 5.55. The number of aliphatic imine (C=N–C) groups is 1. The summed E-state index contributed by atoms with van der Waals surface area (Å²) in [5.41, 5.74) is 6.80. The van der Waals surface area contributed by atoms with Crippen LogP contribution in [0.3, 0.4) is 0 Å². The van der Waals surface area contributed by atoms with Gasteiger partial charge in [-0.2, -0.15) is 0 Å². The Hall–Kier alpha value is -1.99. The molecule has 2 heterocycles. The molecular formula is C16H24N4O3. The number of morpholine rings is 1. The second-order valence-corrected chi connectivity index (χ2v) is 5.56. The van der Waals surface area contributed by atoms with Crippen LogP contribution in [0.5, 0.6) is 11.5 Å². The molecule has 2 aliphatic heterocycles. The fourth-order valence-corrected chi connectivity index (χ4v) is 2.57. The number of ether oxygens (including phenoxy) is 3. The minimum atomic E-state index is 0.410. The minimum Gasteiger partial charge on any atom is -0.490 e. The Morgan fingerprint density at radius 1 is 1.13 bits per heavy atom. The van der Waals surface area contributed by atoms with Gasteiger partial charge in [-0.3, -0.25) is 9.89 Å². The molecule has 0 spiro atoms. The highest BCUT2D eigenvalue weighted by molar-refractivity contribution is 5.92. The van der Waals surface area contributed by atoms with Crippen LogP contribution in [-0.4, -0.2) is 63.5 Å². The van der Waals surface area contributed by atoms with Crippen molar-refractivity contribution in [2.75, 3.05) is 57.9 Å². The van der Waals surface area contributed by atoms with Gasteiger partial charge < -0.3 is 25.3 Å². The molecule has 0 unspecified atom stereocenters. The molecule has 3 rings (SSSR count). The van der Waals surface area contributed by atoms with E-state index in [1.54, 1.807) is 0 Å². The van der Waals surface area contributed by atoms with E-state index in [2.05, 4.69) is 15.2 Å². The molecule has 0 radical (unpaired) electrons. The molecular weight excluding hydrogens is 296 g/mol. The standard InChI is InChI=1S/C16H24N4O3/c17-16(18-4-5-20-6-10-21-11-7-20)19-13-2-3-14-15(12-13)23-9-1-8-22-14/h2-3,12H,1,4-11H2,(H3,17,18,19). The van der Waals surface area contributed by atoms with Crippen molar-refractivity contribution in [3.8, 4) is 11.5 Å². The molecule has 0 saturated carbocycles. The average Bonchev–Trinajstić information content (AvgIpc) is 2.81. The maximum Gasteiger partial charge on any atom is 0.193 e. The molecule has 126 valence electrons. The summed E-state index contributed by atoms with van der Waals surface area (Å²) in [5.74, 6) is 1.93. The normalized spacial score (nSPS) is 19.2. The molecule has 23 heavy (non-hydrogen) atoms. The Morgan fingerprint density at radius 2 is 1.91 bits per heavy atom. The van der Waals surface area contributed by atoms with Gasteiger partial charge in [0.2, 0.25) is 0 Å². The van der Waals surface area contributed by atoms with Crippen molar-refractivity contribution in [2.45, 2.75) is 6.42 Å². The number of anilines is 1. The molecule has 1 aromatic rings. The van der Waals surface area contributed by atoms with Gasteiger partial charge >= 0.3 is 0 Å². The van der Waals surface area contributed by atoms with Gasteiger partial charge in [0.25, 0.3) is 0 Å². The number of hydrogen-bond donors (Lipinski definition) is 2. The molecule has 0 bridgehead atoms. The zero-order chi connectivity index (χ0) is 15.9. The van der Waals surface area contributed by atoms with E-state index in [4.69, 9.17) is 19.9 Å². The van der Waals surface area contributed by atoms with Crippen molar-refractivity contribution in [3.05, 3.63) is 18.2 Å². The SMILES string of the molecule is NC(=NCCN1CCOCC1)Nc1ccc2c(c1)OCCCO2. The van der Waals surface area contributed by atoms with Gasteiger partial charge in [0.1, 0.15) is 0 Å². The second-order valence-electron chi connectivity index (χ2n) is 5.56. The lowest BCUT2D eigenvalue weighted by atomic mass is 10.3. The van der Waals surface area contributed by atoms with E-state index in [1.807, 2.05) is 18.2 Å². The van der Waals surface area contributed by atoms with E-state index in [0.29, 0.717) is 25.7 Å². The molecule has 1 saturated heterocycles. The molecule has 3 N–H and O–H groups in total. The summed E-state index contributed by atoms with van der Waals surface area (Å²) >= 11 is 0. The molecule has 0 atom stereocenters. The molecule has 0 aromatic heterocycles. The molecule has 1 aromatic carbocycles. The smallest absolute Gasteiger partial charge is 0.193 e. The molecule has 7 heteroatoms. The van der Waals surface area contributed by atoms with Crippen LogP contribution in [0.15, 0.2) is 23.2 Å². The molecule has 0 amide bonds. The maximum absolute atomic E-state index is 5.95. The number of nitrogens with one attached hydrogen (secondary N) is 1. The van der Waals surface area contributed by atoms with E-state index in [1.165, 1.54) is 0 Å². The number of guanidine groups is 1. The first kappa shape index (κ1) is 15.9.